The third-order valence-corrected chi connectivity index (χ3v) is 4.04. The number of halogens is 4. The number of nitrogens with zero attached hydrogens (tertiary/aromatic N) is 1. The van der Waals surface area contributed by atoms with Gasteiger partial charge in [0.15, 0.2) is 5.82 Å². The lowest BCUT2D eigenvalue weighted by molar-refractivity contribution is 0.586. The van der Waals surface area contributed by atoms with Crippen molar-refractivity contribution in [2.45, 2.75) is 9.92 Å². The van der Waals surface area contributed by atoms with E-state index >= 15 is 0 Å². The van der Waals surface area contributed by atoms with E-state index in [0.717, 1.165) is 4.90 Å². The molecule has 1 heterocycles. The molecule has 88 valence electrons. The summed E-state index contributed by atoms with van der Waals surface area (Å²) in [5.41, 5.74) is 0. The number of rotatable bonds is 2. The van der Waals surface area contributed by atoms with Crippen molar-refractivity contribution in [3.8, 4) is 0 Å². The highest BCUT2D eigenvalue weighted by molar-refractivity contribution is 9.10. The zero-order valence-electron chi connectivity index (χ0n) is 8.25. The fraction of sp³-hybridized carbons (Fsp3) is 0. The molecule has 0 bridgehead atoms. The van der Waals surface area contributed by atoms with Crippen LogP contribution in [0.1, 0.15) is 0 Å². The largest absolute Gasteiger partial charge is 0.245 e. The summed E-state index contributed by atoms with van der Waals surface area (Å²) in [5, 5.41) is 1.21. The quantitative estimate of drug-likeness (QED) is 0.713. The van der Waals surface area contributed by atoms with Gasteiger partial charge in [-0.3, -0.25) is 0 Å². The highest BCUT2D eigenvalue weighted by atomic mass is 79.9. The fourth-order valence-corrected chi connectivity index (χ4v) is 2.59. The van der Waals surface area contributed by atoms with Crippen LogP contribution in [0.5, 0.6) is 0 Å². The van der Waals surface area contributed by atoms with Crippen LogP contribution in [0.2, 0.25) is 10.0 Å². The Morgan fingerprint density at radius 2 is 1.94 bits per heavy atom. The van der Waals surface area contributed by atoms with Gasteiger partial charge in [-0.05, 0) is 40.2 Å². The lowest BCUT2D eigenvalue weighted by Gasteiger charge is -2.04. The van der Waals surface area contributed by atoms with Gasteiger partial charge in [-0.1, -0.05) is 35.0 Å². The van der Waals surface area contributed by atoms with Crippen molar-refractivity contribution in [2.24, 2.45) is 0 Å². The standard InChI is InChI=1S/C11H5BrCl2FNS/c12-6-3-10(15)11(16-5-6)17-7-1-2-8(13)9(14)4-7/h1-5H. The van der Waals surface area contributed by atoms with Crippen LogP contribution in [-0.4, -0.2) is 4.98 Å². The van der Waals surface area contributed by atoms with Gasteiger partial charge in [-0.2, -0.15) is 0 Å². The van der Waals surface area contributed by atoms with E-state index in [9.17, 15) is 4.39 Å². The maximum absolute atomic E-state index is 13.5. The Morgan fingerprint density at radius 3 is 2.59 bits per heavy atom. The molecule has 6 heteroatoms. The van der Waals surface area contributed by atoms with E-state index in [1.165, 1.54) is 17.8 Å². The molecule has 0 aliphatic rings. The Bertz CT molecular complexity index is 565. The zero-order chi connectivity index (χ0) is 12.4. The summed E-state index contributed by atoms with van der Waals surface area (Å²) in [6, 6.07) is 6.48. The third-order valence-electron chi connectivity index (χ3n) is 1.88. The van der Waals surface area contributed by atoms with Gasteiger partial charge < -0.3 is 0 Å². The van der Waals surface area contributed by atoms with Gasteiger partial charge in [0.05, 0.1) is 10.0 Å². The first-order valence-corrected chi connectivity index (χ1v) is 6.87. The molecule has 0 amide bonds. The molecule has 17 heavy (non-hydrogen) atoms. The van der Waals surface area contributed by atoms with Gasteiger partial charge >= 0.3 is 0 Å². The Hall–Kier alpha value is -0.290. The van der Waals surface area contributed by atoms with Gasteiger partial charge in [0.25, 0.3) is 0 Å². The average molecular weight is 353 g/mol. The Labute approximate surface area is 120 Å². The van der Waals surface area contributed by atoms with Crippen LogP contribution in [0.15, 0.2) is 44.9 Å². The number of benzene rings is 1. The molecule has 1 nitrogen and oxygen atoms in total. The Kier molecular flexibility index (Phi) is 4.31. The maximum atomic E-state index is 13.5. The molecule has 0 N–H and O–H groups in total. The van der Waals surface area contributed by atoms with E-state index in [1.54, 1.807) is 24.4 Å². The summed E-state index contributed by atoms with van der Waals surface area (Å²) in [6.45, 7) is 0. The second-order valence-electron chi connectivity index (χ2n) is 3.12. The molecular weight excluding hydrogens is 348 g/mol. The molecule has 0 fully saturated rings. The normalized spacial score (nSPS) is 10.6. The topological polar surface area (TPSA) is 12.9 Å². The van der Waals surface area contributed by atoms with Crippen LogP contribution in [0.4, 0.5) is 4.39 Å². The lowest BCUT2D eigenvalue weighted by atomic mass is 10.4. The fourth-order valence-electron chi connectivity index (χ4n) is 1.13. The minimum atomic E-state index is -0.379. The second kappa shape index (κ2) is 5.57. The Morgan fingerprint density at radius 1 is 1.18 bits per heavy atom. The van der Waals surface area contributed by atoms with Gasteiger partial charge in [-0.25, -0.2) is 9.37 Å². The maximum Gasteiger partial charge on any atom is 0.156 e. The van der Waals surface area contributed by atoms with Crippen molar-refractivity contribution < 1.29 is 4.39 Å². The van der Waals surface area contributed by atoms with E-state index < -0.39 is 0 Å². The summed E-state index contributed by atoms with van der Waals surface area (Å²) in [7, 11) is 0. The molecule has 0 spiro atoms. The van der Waals surface area contributed by atoms with E-state index in [0.29, 0.717) is 19.5 Å². The molecule has 0 aliphatic heterocycles. The second-order valence-corrected chi connectivity index (χ2v) is 5.91. The number of hydrogen-bond donors (Lipinski definition) is 0. The van der Waals surface area contributed by atoms with Crippen LogP contribution in [0, 0.1) is 5.82 Å². The molecule has 0 saturated carbocycles. The first-order chi connectivity index (χ1) is 8.06. The van der Waals surface area contributed by atoms with Gasteiger partial charge in [-0.15, -0.1) is 0 Å². The minimum absolute atomic E-state index is 0.298. The summed E-state index contributed by atoms with van der Waals surface area (Å²) in [6.07, 6.45) is 1.54. The highest BCUT2D eigenvalue weighted by Gasteiger charge is 2.08. The van der Waals surface area contributed by atoms with Crippen LogP contribution >= 0.6 is 50.9 Å². The molecule has 0 aliphatic carbocycles. The summed E-state index contributed by atoms with van der Waals surface area (Å²) < 4.78 is 14.1. The number of hydrogen-bond acceptors (Lipinski definition) is 2. The van der Waals surface area contributed by atoms with E-state index in [-0.39, 0.29) is 5.82 Å². The van der Waals surface area contributed by atoms with Crippen molar-refractivity contribution >= 4 is 50.9 Å². The molecule has 0 unspecified atom stereocenters. The minimum Gasteiger partial charge on any atom is -0.245 e. The molecule has 1 aromatic carbocycles. The van der Waals surface area contributed by atoms with Crippen LogP contribution in [-0.2, 0) is 0 Å². The highest BCUT2D eigenvalue weighted by Crippen LogP contribution is 2.33. The predicted octanol–water partition coefficient (Wildman–Crippen LogP) is 5.44. The number of pyridine rings is 1. The van der Waals surface area contributed by atoms with E-state index in [4.69, 9.17) is 23.2 Å². The number of aromatic nitrogens is 1. The average Bonchev–Trinajstić information content (AvgIpc) is 2.27. The van der Waals surface area contributed by atoms with E-state index in [1.807, 2.05) is 0 Å². The Balaban J connectivity index is 2.28. The smallest absolute Gasteiger partial charge is 0.156 e. The molecular formula is C11H5BrCl2FNS. The lowest BCUT2D eigenvalue weighted by Crippen LogP contribution is -1.86. The van der Waals surface area contributed by atoms with Crippen molar-refractivity contribution in [3.63, 3.8) is 0 Å². The summed E-state index contributed by atoms with van der Waals surface area (Å²) in [4.78, 5) is 4.78. The molecule has 2 rings (SSSR count). The zero-order valence-corrected chi connectivity index (χ0v) is 12.2. The summed E-state index contributed by atoms with van der Waals surface area (Å²) in [5.74, 6) is -0.379. The molecule has 1 aromatic heterocycles. The van der Waals surface area contributed by atoms with Crippen LogP contribution in [0.3, 0.4) is 0 Å². The van der Waals surface area contributed by atoms with Gasteiger partial charge in [0.2, 0.25) is 0 Å². The van der Waals surface area contributed by atoms with Crippen molar-refractivity contribution in [2.75, 3.05) is 0 Å². The van der Waals surface area contributed by atoms with Crippen molar-refractivity contribution in [1.82, 2.24) is 4.98 Å². The van der Waals surface area contributed by atoms with E-state index in [2.05, 4.69) is 20.9 Å². The van der Waals surface area contributed by atoms with Crippen molar-refractivity contribution in [1.29, 1.82) is 0 Å². The van der Waals surface area contributed by atoms with Crippen LogP contribution in [0.25, 0.3) is 0 Å². The first-order valence-electron chi connectivity index (χ1n) is 4.50. The van der Waals surface area contributed by atoms with Crippen molar-refractivity contribution in [3.05, 3.63) is 50.8 Å². The van der Waals surface area contributed by atoms with Crippen LogP contribution < -0.4 is 0 Å². The first kappa shape index (κ1) is 13.1. The molecule has 0 radical (unpaired) electrons. The SMILES string of the molecule is Fc1cc(Br)cnc1Sc1ccc(Cl)c(Cl)c1. The van der Waals surface area contributed by atoms with Gasteiger partial charge in [0, 0.05) is 15.6 Å². The van der Waals surface area contributed by atoms with Gasteiger partial charge in [0.1, 0.15) is 5.03 Å². The molecule has 2 aromatic rings. The molecule has 0 atom stereocenters. The predicted molar refractivity (Wildman–Crippen MR) is 72.5 cm³/mol. The summed E-state index contributed by atoms with van der Waals surface area (Å²) >= 11 is 16.0. The third kappa shape index (κ3) is 3.35. The molecule has 0 saturated heterocycles. The monoisotopic (exact) mass is 351 g/mol.